The molecule has 0 saturated heterocycles. The van der Waals surface area contributed by atoms with Crippen molar-refractivity contribution in [3.8, 4) is 5.75 Å². The monoisotopic (exact) mass is 261 g/mol. The van der Waals surface area contributed by atoms with Gasteiger partial charge in [0.25, 0.3) is 0 Å². The standard InChI is InChI=1S/C16H23NO2/c1-10-6-12(10)9-17(2)15-7-11-4-5-13(19-3)8-14(11)16(15)18/h4-5,8,10,12,15-16,18H,6-7,9H2,1-3H3. The van der Waals surface area contributed by atoms with E-state index in [0.717, 1.165) is 36.1 Å². The third-order valence-electron chi connectivity index (χ3n) is 4.83. The number of methoxy groups -OCH3 is 1. The van der Waals surface area contributed by atoms with Crippen molar-refractivity contribution in [2.24, 2.45) is 11.8 Å². The number of rotatable bonds is 4. The van der Waals surface area contributed by atoms with Gasteiger partial charge in [-0.1, -0.05) is 13.0 Å². The van der Waals surface area contributed by atoms with Gasteiger partial charge >= 0.3 is 0 Å². The van der Waals surface area contributed by atoms with E-state index < -0.39 is 0 Å². The van der Waals surface area contributed by atoms with Crippen LogP contribution < -0.4 is 4.74 Å². The first-order chi connectivity index (χ1) is 9.10. The quantitative estimate of drug-likeness (QED) is 0.902. The SMILES string of the molecule is COc1ccc2c(c1)C(O)C(N(C)CC1CC1C)C2. The molecule has 4 unspecified atom stereocenters. The van der Waals surface area contributed by atoms with E-state index in [1.165, 1.54) is 12.0 Å². The minimum atomic E-state index is -0.385. The zero-order chi connectivity index (χ0) is 13.6. The highest BCUT2D eigenvalue weighted by Gasteiger charge is 2.38. The average molecular weight is 261 g/mol. The van der Waals surface area contributed by atoms with Crippen molar-refractivity contribution in [2.75, 3.05) is 20.7 Å². The molecule has 0 radical (unpaired) electrons. The molecule has 3 heteroatoms. The van der Waals surface area contributed by atoms with Gasteiger partial charge in [-0.3, -0.25) is 4.90 Å². The predicted octanol–water partition coefficient (Wildman–Crippen LogP) is 2.24. The Bertz CT molecular complexity index is 474. The molecule has 1 fully saturated rings. The Kier molecular flexibility index (Phi) is 3.27. The summed E-state index contributed by atoms with van der Waals surface area (Å²) in [6.07, 6.45) is 1.90. The number of likely N-dealkylation sites (N-methyl/N-ethyl adjacent to an activating group) is 1. The largest absolute Gasteiger partial charge is 0.497 e. The van der Waals surface area contributed by atoms with Gasteiger partial charge in [0.15, 0.2) is 0 Å². The number of nitrogens with zero attached hydrogens (tertiary/aromatic N) is 1. The highest BCUT2D eigenvalue weighted by molar-refractivity contribution is 5.41. The molecule has 0 aromatic heterocycles. The van der Waals surface area contributed by atoms with Crippen LogP contribution in [0.25, 0.3) is 0 Å². The second-order valence-electron chi connectivity index (χ2n) is 6.19. The van der Waals surface area contributed by atoms with Gasteiger partial charge in [-0.2, -0.15) is 0 Å². The lowest BCUT2D eigenvalue weighted by atomic mass is 10.1. The van der Waals surface area contributed by atoms with Crippen molar-refractivity contribution in [1.82, 2.24) is 4.90 Å². The molecular formula is C16H23NO2. The third-order valence-corrected chi connectivity index (χ3v) is 4.83. The van der Waals surface area contributed by atoms with Crippen LogP contribution in [-0.2, 0) is 6.42 Å². The minimum absolute atomic E-state index is 0.218. The highest BCUT2D eigenvalue weighted by Crippen LogP contribution is 2.41. The van der Waals surface area contributed by atoms with Crippen LogP contribution in [0.15, 0.2) is 18.2 Å². The van der Waals surface area contributed by atoms with E-state index in [2.05, 4.69) is 24.9 Å². The Hall–Kier alpha value is -1.06. The molecule has 4 atom stereocenters. The molecule has 104 valence electrons. The number of hydrogen-bond donors (Lipinski definition) is 1. The molecule has 2 aliphatic rings. The second kappa shape index (κ2) is 4.80. The van der Waals surface area contributed by atoms with E-state index in [1.807, 2.05) is 12.1 Å². The van der Waals surface area contributed by atoms with Crippen LogP contribution in [0.3, 0.4) is 0 Å². The molecule has 1 N–H and O–H groups in total. The predicted molar refractivity (Wildman–Crippen MR) is 75.3 cm³/mol. The smallest absolute Gasteiger partial charge is 0.119 e. The van der Waals surface area contributed by atoms with Crippen molar-refractivity contribution < 1.29 is 9.84 Å². The van der Waals surface area contributed by atoms with Crippen LogP contribution in [-0.4, -0.2) is 36.8 Å². The zero-order valence-electron chi connectivity index (χ0n) is 12.0. The lowest BCUT2D eigenvalue weighted by Crippen LogP contribution is -2.36. The molecule has 3 nitrogen and oxygen atoms in total. The summed E-state index contributed by atoms with van der Waals surface area (Å²) < 4.78 is 5.25. The molecule has 3 rings (SSSR count). The highest BCUT2D eigenvalue weighted by atomic mass is 16.5. The fourth-order valence-corrected chi connectivity index (χ4v) is 3.26. The molecule has 0 heterocycles. The zero-order valence-corrected chi connectivity index (χ0v) is 12.0. The van der Waals surface area contributed by atoms with Gasteiger partial charge in [0.1, 0.15) is 5.75 Å². The molecule has 0 bridgehead atoms. The summed E-state index contributed by atoms with van der Waals surface area (Å²) in [6.45, 7) is 3.41. The van der Waals surface area contributed by atoms with Crippen LogP contribution in [0, 0.1) is 11.8 Å². The molecule has 0 spiro atoms. The first-order valence-electron chi connectivity index (χ1n) is 7.15. The number of ether oxygens (including phenoxy) is 1. The van der Waals surface area contributed by atoms with Crippen LogP contribution in [0.4, 0.5) is 0 Å². The summed E-state index contributed by atoms with van der Waals surface area (Å²) in [4.78, 5) is 2.34. The van der Waals surface area contributed by atoms with E-state index in [4.69, 9.17) is 4.74 Å². The number of fused-ring (bicyclic) bond motifs is 1. The minimum Gasteiger partial charge on any atom is -0.497 e. The van der Waals surface area contributed by atoms with Crippen molar-refractivity contribution >= 4 is 0 Å². The van der Waals surface area contributed by atoms with Gasteiger partial charge in [-0.05, 0) is 55.0 Å². The van der Waals surface area contributed by atoms with Gasteiger partial charge in [0, 0.05) is 12.6 Å². The Morgan fingerprint density at radius 3 is 2.79 bits per heavy atom. The van der Waals surface area contributed by atoms with Crippen molar-refractivity contribution in [1.29, 1.82) is 0 Å². The summed E-state index contributed by atoms with van der Waals surface area (Å²) in [7, 11) is 3.81. The normalized spacial score (nSPS) is 32.5. The van der Waals surface area contributed by atoms with E-state index in [-0.39, 0.29) is 12.1 Å². The van der Waals surface area contributed by atoms with E-state index in [0.29, 0.717) is 0 Å². The lowest BCUT2D eigenvalue weighted by Gasteiger charge is -2.27. The number of aliphatic hydroxyl groups excluding tert-OH is 1. The molecular weight excluding hydrogens is 238 g/mol. The second-order valence-corrected chi connectivity index (χ2v) is 6.19. The number of benzene rings is 1. The summed E-state index contributed by atoms with van der Waals surface area (Å²) >= 11 is 0. The number of aliphatic hydroxyl groups is 1. The van der Waals surface area contributed by atoms with E-state index >= 15 is 0 Å². The Labute approximate surface area is 115 Å². The van der Waals surface area contributed by atoms with E-state index in [1.54, 1.807) is 7.11 Å². The fourth-order valence-electron chi connectivity index (χ4n) is 3.26. The summed E-state index contributed by atoms with van der Waals surface area (Å²) in [5.41, 5.74) is 2.30. The maximum atomic E-state index is 10.5. The molecule has 0 amide bonds. The Morgan fingerprint density at radius 2 is 2.16 bits per heavy atom. The van der Waals surface area contributed by atoms with Crippen molar-refractivity contribution in [3.05, 3.63) is 29.3 Å². The summed E-state index contributed by atoms with van der Waals surface area (Å²) in [5.74, 6) is 2.52. The lowest BCUT2D eigenvalue weighted by molar-refractivity contribution is 0.0728. The summed E-state index contributed by atoms with van der Waals surface area (Å²) in [6, 6.07) is 6.27. The topological polar surface area (TPSA) is 32.7 Å². The first-order valence-corrected chi connectivity index (χ1v) is 7.15. The van der Waals surface area contributed by atoms with Gasteiger partial charge in [0.2, 0.25) is 0 Å². The maximum absolute atomic E-state index is 10.5. The molecule has 19 heavy (non-hydrogen) atoms. The van der Waals surface area contributed by atoms with Gasteiger partial charge < -0.3 is 9.84 Å². The molecule has 2 aliphatic carbocycles. The van der Waals surface area contributed by atoms with Gasteiger partial charge in [0.05, 0.1) is 13.2 Å². The van der Waals surface area contributed by atoms with Crippen LogP contribution in [0.1, 0.15) is 30.6 Å². The molecule has 0 aliphatic heterocycles. The van der Waals surface area contributed by atoms with Crippen LogP contribution >= 0.6 is 0 Å². The Morgan fingerprint density at radius 1 is 1.42 bits per heavy atom. The van der Waals surface area contributed by atoms with Crippen LogP contribution in [0.5, 0.6) is 5.75 Å². The Balaban J connectivity index is 1.73. The summed E-state index contributed by atoms with van der Waals surface area (Å²) in [5, 5.41) is 10.5. The first kappa shape index (κ1) is 12.9. The van der Waals surface area contributed by atoms with Gasteiger partial charge in [-0.25, -0.2) is 0 Å². The van der Waals surface area contributed by atoms with E-state index in [9.17, 15) is 5.11 Å². The van der Waals surface area contributed by atoms with Crippen molar-refractivity contribution in [3.63, 3.8) is 0 Å². The fraction of sp³-hybridized carbons (Fsp3) is 0.625. The molecule has 1 aromatic rings. The average Bonchev–Trinajstić information content (AvgIpc) is 2.98. The molecule has 1 aromatic carbocycles. The third kappa shape index (κ3) is 2.37. The van der Waals surface area contributed by atoms with Crippen molar-refractivity contribution in [2.45, 2.75) is 31.9 Å². The maximum Gasteiger partial charge on any atom is 0.119 e. The molecule has 1 saturated carbocycles. The number of hydrogen-bond acceptors (Lipinski definition) is 3. The van der Waals surface area contributed by atoms with Gasteiger partial charge in [-0.15, -0.1) is 0 Å². The van der Waals surface area contributed by atoms with Crippen LogP contribution in [0.2, 0.25) is 0 Å².